The zero-order chi connectivity index (χ0) is 20.7. The van der Waals surface area contributed by atoms with Gasteiger partial charge in [0.15, 0.2) is 23.0 Å². The fourth-order valence-electron chi connectivity index (χ4n) is 3.32. The quantitative estimate of drug-likeness (QED) is 0.744. The Morgan fingerprint density at radius 3 is 1.69 bits per heavy atom. The van der Waals surface area contributed by atoms with Crippen molar-refractivity contribution in [1.82, 2.24) is 0 Å². The Labute approximate surface area is 164 Å². The van der Waals surface area contributed by atoms with E-state index in [1.165, 1.54) is 33.5 Å². The smallest absolute Gasteiger partial charge is 0.338 e. The molecule has 152 valence electrons. The molecule has 0 radical (unpaired) electrons. The number of carboxylic acid groups (broad SMARTS) is 1. The van der Waals surface area contributed by atoms with Crippen molar-refractivity contribution in [3.63, 3.8) is 0 Å². The molecule has 0 saturated carbocycles. The molecule has 0 bridgehead atoms. The maximum atomic E-state index is 12.6. The van der Waals surface area contributed by atoms with E-state index in [4.69, 9.17) is 33.2 Å². The maximum absolute atomic E-state index is 12.6. The van der Waals surface area contributed by atoms with Crippen molar-refractivity contribution in [2.75, 3.05) is 34.9 Å². The number of benzene rings is 2. The zero-order valence-electron chi connectivity index (χ0n) is 15.7. The Morgan fingerprint density at radius 1 is 0.793 bits per heavy atom. The molecule has 0 fully saturated rings. The first-order chi connectivity index (χ1) is 14.0. The van der Waals surface area contributed by atoms with Gasteiger partial charge in [0.25, 0.3) is 0 Å². The molecule has 2 heterocycles. The van der Waals surface area contributed by atoms with Gasteiger partial charge in [0.05, 0.1) is 32.5 Å². The molecule has 2 aromatic rings. The van der Waals surface area contributed by atoms with Crippen LogP contribution in [0.3, 0.4) is 0 Å². The molecule has 10 heteroatoms. The third-order valence-electron chi connectivity index (χ3n) is 4.54. The van der Waals surface area contributed by atoms with Crippen molar-refractivity contribution in [1.29, 1.82) is 0 Å². The van der Waals surface area contributed by atoms with Gasteiger partial charge in [0.2, 0.25) is 25.1 Å². The molecule has 29 heavy (non-hydrogen) atoms. The van der Waals surface area contributed by atoms with E-state index in [1.54, 1.807) is 0 Å². The van der Waals surface area contributed by atoms with E-state index in [2.05, 4.69) is 0 Å². The van der Waals surface area contributed by atoms with E-state index >= 15 is 0 Å². The summed E-state index contributed by atoms with van der Waals surface area (Å²) in [6.07, 6.45) is 0. The summed E-state index contributed by atoms with van der Waals surface area (Å²) >= 11 is 0. The van der Waals surface area contributed by atoms with Crippen LogP contribution in [0.4, 0.5) is 0 Å². The standard InChI is InChI=1S/C19H16O10/c1-23-10-4-8(18(20)21)12(16-14(10)26-6-28-16)13-9(19(22)25-3)5-11(24-2)15-17(13)29-7-27-15/h4-5H,6-7H2,1-3H3,(H,20,21). The monoisotopic (exact) mass is 404 g/mol. The van der Waals surface area contributed by atoms with Gasteiger partial charge in [-0.2, -0.15) is 0 Å². The minimum atomic E-state index is -1.27. The highest BCUT2D eigenvalue weighted by Gasteiger charge is 2.37. The first kappa shape index (κ1) is 18.5. The third kappa shape index (κ3) is 2.72. The number of methoxy groups -OCH3 is 3. The second-order valence-corrected chi connectivity index (χ2v) is 5.93. The van der Waals surface area contributed by atoms with Crippen molar-refractivity contribution in [2.45, 2.75) is 0 Å². The van der Waals surface area contributed by atoms with E-state index in [0.29, 0.717) is 0 Å². The van der Waals surface area contributed by atoms with Crippen molar-refractivity contribution >= 4 is 11.9 Å². The molecule has 2 aromatic carbocycles. The average molecular weight is 404 g/mol. The Morgan fingerprint density at radius 2 is 1.24 bits per heavy atom. The van der Waals surface area contributed by atoms with E-state index in [-0.39, 0.29) is 70.3 Å². The lowest BCUT2D eigenvalue weighted by molar-refractivity contribution is 0.0599. The van der Waals surface area contributed by atoms with Gasteiger partial charge in [-0.25, -0.2) is 9.59 Å². The van der Waals surface area contributed by atoms with Gasteiger partial charge < -0.3 is 38.3 Å². The van der Waals surface area contributed by atoms with Gasteiger partial charge >= 0.3 is 11.9 Å². The lowest BCUT2D eigenvalue weighted by atomic mass is 9.92. The molecule has 10 nitrogen and oxygen atoms in total. The average Bonchev–Trinajstić information content (AvgIpc) is 3.40. The summed E-state index contributed by atoms with van der Waals surface area (Å²) in [5.41, 5.74) is 0.0423. The molecule has 0 unspecified atom stereocenters. The van der Waals surface area contributed by atoms with Crippen LogP contribution in [0.2, 0.25) is 0 Å². The second-order valence-electron chi connectivity index (χ2n) is 5.93. The number of aromatic carboxylic acids is 1. The molecule has 4 rings (SSSR count). The van der Waals surface area contributed by atoms with Crippen LogP contribution in [0, 0.1) is 0 Å². The maximum Gasteiger partial charge on any atom is 0.338 e. The molecule has 0 aliphatic carbocycles. The lowest BCUT2D eigenvalue weighted by Gasteiger charge is -2.18. The van der Waals surface area contributed by atoms with Crippen LogP contribution in [-0.4, -0.2) is 52.0 Å². The molecule has 0 atom stereocenters. The molecule has 2 aliphatic heterocycles. The fraction of sp³-hybridized carbons (Fsp3) is 0.263. The number of carboxylic acids is 1. The molecule has 0 amide bonds. The predicted molar refractivity (Wildman–Crippen MR) is 95.5 cm³/mol. The van der Waals surface area contributed by atoms with Gasteiger partial charge in [-0.05, 0) is 12.1 Å². The Hall–Kier alpha value is -3.82. The number of fused-ring (bicyclic) bond motifs is 2. The number of carbonyl (C=O) groups excluding carboxylic acids is 1. The number of ether oxygens (including phenoxy) is 7. The number of carbonyl (C=O) groups is 2. The van der Waals surface area contributed by atoms with E-state index in [0.717, 1.165) is 0 Å². The highest BCUT2D eigenvalue weighted by Crippen LogP contribution is 2.56. The van der Waals surface area contributed by atoms with Crippen LogP contribution in [0.1, 0.15) is 20.7 Å². The molecular weight excluding hydrogens is 388 g/mol. The topological polar surface area (TPSA) is 119 Å². The summed E-state index contributed by atoms with van der Waals surface area (Å²) in [6.45, 7) is -0.285. The van der Waals surface area contributed by atoms with E-state index in [1.807, 2.05) is 0 Å². The van der Waals surface area contributed by atoms with Crippen LogP contribution in [0.25, 0.3) is 11.1 Å². The van der Waals surface area contributed by atoms with Crippen molar-refractivity contribution < 1.29 is 47.9 Å². The number of rotatable bonds is 5. The summed E-state index contributed by atoms with van der Waals surface area (Å²) in [5, 5.41) is 9.85. The normalized spacial score (nSPS) is 13.2. The van der Waals surface area contributed by atoms with Crippen LogP contribution in [-0.2, 0) is 4.74 Å². The van der Waals surface area contributed by atoms with Gasteiger partial charge in [-0.15, -0.1) is 0 Å². The minimum Gasteiger partial charge on any atom is -0.493 e. The van der Waals surface area contributed by atoms with Gasteiger partial charge in [-0.3, -0.25) is 0 Å². The number of hydrogen-bond acceptors (Lipinski definition) is 9. The summed E-state index contributed by atoms with van der Waals surface area (Å²) in [4.78, 5) is 24.6. The minimum absolute atomic E-state index is 0.0129. The Bertz CT molecular complexity index is 1030. The van der Waals surface area contributed by atoms with E-state index < -0.39 is 11.9 Å². The van der Waals surface area contributed by atoms with Crippen molar-refractivity contribution in [2.24, 2.45) is 0 Å². The molecular formula is C19H16O10. The highest BCUT2D eigenvalue weighted by atomic mass is 16.7. The van der Waals surface area contributed by atoms with Crippen LogP contribution >= 0.6 is 0 Å². The highest BCUT2D eigenvalue weighted by molar-refractivity contribution is 6.08. The van der Waals surface area contributed by atoms with Gasteiger partial charge in [0, 0.05) is 11.1 Å². The Kier molecular flexibility index (Phi) is 4.45. The molecule has 0 aromatic heterocycles. The largest absolute Gasteiger partial charge is 0.493 e. The van der Waals surface area contributed by atoms with Crippen molar-refractivity contribution in [3.8, 4) is 45.6 Å². The van der Waals surface area contributed by atoms with Gasteiger partial charge in [0.1, 0.15) is 0 Å². The summed E-state index contributed by atoms with van der Waals surface area (Å²) in [6, 6.07) is 2.69. The van der Waals surface area contributed by atoms with Gasteiger partial charge in [-0.1, -0.05) is 0 Å². The zero-order valence-corrected chi connectivity index (χ0v) is 15.7. The second kappa shape index (κ2) is 6.97. The summed E-state index contributed by atoms with van der Waals surface area (Å²) in [7, 11) is 3.99. The number of esters is 1. The molecule has 2 aliphatic rings. The SMILES string of the molecule is COC(=O)c1cc(OC)c2c(c1-c1c(C(=O)O)cc(OC)c3c1OCO3)OCO2. The van der Waals surface area contributed by atoms with E-state index in [9.17, 15) is 14.7 Å². The third-order valence-corrected chi connectivity index (χ3v) is 4.54. The molecule has 0 spiro atoms. The first-order valence-corrected chi connectivity index (χ1v) is 8.34. The summed E-state index contributed by atoms with van der Waals surface area (Å²) in [5.74, 6) is -0.888. The van der Waals surface area contributed by atoms with Crippen LogP contribution in [0.5, 0.6) is 34.5 Å². The van der Waals surface area contributed by atoms with Crippen LogP contribution < -0.4 is 28.4 Å². The number of hydrogen-bond donors (Lipinski definition) is 1. The molecule has 0 saturated heterocycles. The Balaban J connectivity index is 2.14. The summed E-state index contributed by atoms with van der Waals surface area (Å²) < 4.78 is 37.5. The van der Waals surface area contributed by atoms with Crippen molar-refractivity contribution in [3.05, 3.63) is 23.3 Å². The van der Waals surface area contributed by atoms with Crippen LogP contribution in [0.15, 0.2) is 12.1 Å². The molecule has 1 N–H and O–H groups in total. The lowest BCUT2D eigenvalue weighted by Crippen LogP contribution is -2.09. The predicted octanol–water partition coefficient (Wildman–Crippen LogP) is 2.31. The first-order valence-electron chi connectivity index (χ1n) is 8.34. The fourth-order valence-corrected chi connectivity index (χ4v) is 3.32.